The van der Waals surface area contributed by atoms with E-state index in [1.165, 1.54) is 16.8 Å². The summed E-state index contributed by atoms with van der Waals surface area (Å²) < 4.78 is 0. The van der Waals surface area contributed by atoms with Crippen molar-refractivity contribution in [1.29, 1.82) is 0 Å². The van der Waals surface area contributed by atoms with E-state index in [0.29, 0.717) is 0 Å². The van der Waals surface area contributed by atoms with Crippen LogP contribution in [0.4, 0.5) is 0 Å². The van der Waals surface area contributed by atoms with Gasteiger partial charge in [-0.2, -0.15) is 0 Å². The van der Waals surface area contributed by atoms with E-state index in [1.807, 2.05) is 12.3 Å². The molecule has 21 heavy (non-hydrogen) atoms. The fourth-order valence-electron chi connectivity index (χ4n) is 2.98. The van der Waals surface area contributed by atoms with Crippen LogP contribution in [0, 0.1) is 5.41 Å². The predicted molar refractivity (Wildman–Crippen MR) is 90.6 cm³/mol. The molecule has 112 valence electrons. The van der Waals surface area contributed by atoms with Gasteiger partial charge in [-0.25, -0.2) is 0 Å². The first kappa shape index (κ1) is 15.8. The molecule has 0 bridgehead atoms. The molecule has 0 amide bonds. The maximum atomic E-state index is 4.48. The Morgan fingerprint density at radius 2 is 1.48 bits per heavy atom. The van der Waals surface area contributed by atoms with Gasteiger partial charge in [-0.15, -0.1) is 0 Å². The van der Waals surface area contributed by atoms with Crippen molar-refractivity contribution in [2.45, 2.75) is 52.9 Å². The van der Waals surface area contributed by atoms with Gasteiger partial charge in [0.15, 0.2) is 0 Å². The minimum Gasteiger partial charge on any atom is -0.261 e. The molecule has 0 aliphatic carbocycles. The Balaban J connectivity index is 2.21. The number of hydrogen-bond acceptors (Lipinski definition) is 1. The van der Waals surface area contributed by atoms with Crippen LogP contribution in [0.3, 0.4) is 0 Å². The monoisotopic (exact) mass is 281 g/mol. The maximum absolute atomic E-state index is 4.48. The molecule has 1 aromatic carbocycles. The van der Waals surface area contributed by atoms with Crippen molar-refractivity contribution < 1.29 is 0 Å². The minimum absolute atomic E-state index is 0.192. The van der Waals surface area contributed by atoms with E-state index in [9.17, 15) is 0 Å². The quantitative estimate of drug-likeness (QED) is 0.751. The summed E-state index contributed by atoms with van der Waals surface area (Å²) in [6.07, 6.45) is 3.97. The molecule has 0 saturated heterocycles. The number of aromatic nitrogens is 1. The molecular weight excluding hydrogens is 254 g/mol. The summed E-state index contributed by atoms with van der Waals surface area (Å²) >= 11 is 0. The highest BCUT2D eigenvalue weighted by Crippen LogP contribution is 2.32. The van der Waals surface area contributed by atoms with Crippen molar-refractivity contribution in [2.24, 2.45) is 5.41 Å². The average molecular weight is 281 g/mol. The maximum Gasteiger partial charge on any atom is 0.0409 e. The van der Waals surface area contributed by atoms with Crippen molar-refractivity contribution in [3.63, 3.8) is 0 Å². The van der Waals surface area contributed by atoms with Crippen molar-refractivity contribution in [3.8, 4) is 0 Å². The highest BCUT2D eigenvalue weighted by molar-refractivity contribution is 5.33. The van der Waals surface area contributed by atoms with Gasteiger partial charge in [-0.3, -0.25) is 4.98 Å². The lowest BCUT2D eigenvalue weighted by atomic mass is 9.76. The lowest BCUT2D eigenvalue weighted by Crippen LogP contribution is -2.22. The van der Waals surface area contributed by atoms with Crippen molar-refractivity contribution >= 4 is 0 Å². The highest BCUT2D eigenvalue weighted by atomic mass is 14.7. The molecule has 0 spiro atoms. The van der Waals surface area contributed by atoms with E-state index in [-0.39, 0.29) is 10.8 Å². The van der Waals surface area contributed by atoms with Gasteiger partial charge < -0.3 is 0 Å². The van der Waals surface area contributed by atoms with E-state index < -0.39 is 0 Å². The van der Waals surface area contributed by atoms with E-state index >= 15 is 0 Å². The lowest BCUT2D eigenvalue weighted by molar-refractivity contribution is 0.354. The molecule has 1 nitrogen and oxygen atoms in total. The largest absolute Gasteiger partial charge is 0.261 e. The van der Waals surface area contributed by atoms with E-state index in [4.69, 9.17) is 0 Å². The zero-order valence-electron chi connectivity index (χ0n) is 14.0. The fraction of sp³-hybridized carbons (Fsp3) is 0.450. The second kappa shape index (κ2) is 6.01. The van der Waals surface area contributed by atoms with Crippen molar-refractivity contribution in [2.75, 3.05) is 0 Å². The Morgan fingerprint density at radius 1 is 0.810 bits per heavy atom. The summed E-state index contributed by atoms with van der Waals surface area (Å²) in [6.45, 7) is 11.5. The number of hydrogen-bond donors (Lipinski definition) is 0. The Morgan fingerprint density at radius 3 is 2.10 bits per heavy atom. The van der Waals surface area contributed by atoms with Gasteiger partial charge in [0.1, 0.15) is 0 Å². The molecule has 0 N–H and O–H groups in total. The van der Waals surface area contributed by atoms with Gasteiger partial charge in [-0.1, -0.05) is 65.0 Å². The van der Waals surface area contributed by atoms with Crippen LogP contribution in [-0.2, 0) is 18.3 Å². The molecule has 0 radical (unpaired) electrons. The molecule has 0 atom stereocenters. The highest BCUT2D eigenvalue weighted by Gasteiger charge is 2.24. The Kier molecular flexibility index (Phi) is 4.51. The number of pyridine rings is 1. The van der Waals surface area contributed by atoms with Gasteiger partial charge in [-0.05, 0) is 46.9 Å². The summed E-state index contributed by atoms with van der Waals surface area (Å²) in [4.78, 5) is 4.48. The normalized spacial score (nSPS) is 12.4. The Bertz CT molecular complexity index is 576. The molecule has 0 fully saturated rings. The SMILES string of the molecule is CC(C)(Cc1ccccn1)Cc1ccccc1C(C)(C)C. The molecule has 0 saturated carbocycles. The molecule has 0 unspecified atom stereocenters. The average Bonchev–Trinajstić information content (AvgIpc) is 2.38. The van der Waals surface area contributed by atoms with E-state index in [1.54, 1.807) is 0 Å². The second-order valence-corrected chi connectivity index (χ2v) is 7.75. The van der Waals surface area contributed by atoms with E-state index in [0.717, 1.165) is 12.8 Å². The molecule has 1 aromatic heterocycles. The van der Waals surface area contributed by atoms with Crippen LogP contribution in [0.2, 0.25) is 0 Å². The third kappa shape index (κ3) is 4.42. The lowest BCUT2D eigenvalue weighted by Gasteiger charge is -2.29. The molecular formula is C20H27N. The van der Waals surface area contributed by atoms with Gasteiger partial charge in [0, 0.05) is 11.9 Å². The summed E-state index contributed by atoms with van der Waals surface area (Å²) in [5.74, 6) is 0. The Labute approximate surface area is 129 Å². The molecule has 1 heteroatoms. The van der Waals surface area contributed by atoms with Crippen LogP contribution in [0.5, 0.6) is 0 Å². The zero-order chi connectivity index (χ0) is 15.5. The number of benzene rings is 1. The first-order chi connectivity index (χ1) is 9.78. The molecule has 2 aromatic rings. The van der Waals surface area contributed by atoms with Crippen LogP contribution < -0.4 is 0 Å². The van der Waals surface area contributed by atoms with Crippen LogP contribution in [-0.4, -0.2) is 4.98 Å². The minimum atomic E-state index is 0.192. The predicted octanol–water partition coefficient (Wildman–Crippen LogP) is 5.19. The van der Waals surface area contributed by atoms with Crippen molar-refractivity contribution in [3.05, 3.63) is 65.5 Å². The van der Waals surface area contributed by atoms with Crippen LogP contribution in [0.25, 0.3) is 0 Å². The Hall–Kier alpha value is -1.63. The summed E-state index contributed by atoms with van der Waals surface area (Å²) in [5, 5.41) is 0. The topological polar surface area (TPSA) is 12.9 Å². The smallest absolute Gasteiger partial charge is 0.0409 e. The zero-order valence-corrected chi connectivity index (χ0v) is 14.0. The van der Waals surface area contributed by atoms with Crippen LogP contribution >= 0.6 is 0 Å². The third-order valence-corrected chi connectivity index (χ3v) is 3.88. The number of nitrogens with zero attached hydrogens (tertiary/aromatic N) is 1. The van der Waals surface area contributed by atoms with Gasteiger partial charge in [0.25, 0.3) is 0 Å². The third-order valence-electron chi connectivity index (χ3n) is 3.88. The first-order valence-electron chi connectivity index (χ1n) is 7.76. The van der Waals surface area contributed by atoms with E-state index in [2.05, 4.69) is 76.0 Å². The standard InChI is InChI=1S/C20H27N/c1-19(2,3)18-12-7-6-10-16(18)14-20(4,5)15-17-11-8-9-13-21-17/h6-13H,14-15H2,1-5H3. The first-order valence-corrected chi connectivity index (χ1v) is 7.76. The second-order valence-electron chi connectivity index (χ2n) is 7.75. The van der Waals surface area contributed by atoms with Gasteiger partial charge in [0.05, 0.1) is 0 Å². The number of rotatable bonds is 4. The van der Waals surface area contributed by atoms with Crippen molar-refractivity contribution in [1.82, 2.24) is 4.98 Å². The molecule has 0 aliphatic rings. The summed E-state index contributed by atoms with van der Waals surface area (Å²) in [7, 11) is 0. The summed E-state index contributed by atoms with van der Waals surface area (Å²) in [6, 6.07) is 15.0. The fourth-order valence-corrected chi connectivity index (χ4v) is 2.98. The van der Waals surface area contributed by atoms with Crippen LogP contribution in [0.1, 0.15) is 51.4 Å². The van der Waals surface area contributed by atoms with Gasteiger partial charge >= 0.3 is 0 Å². The van der Waals surface area contributed by atoms with Gasteiger partial charge in [0.2, 0.25) is 0 Å². The molecule has 1 heterocycles. The molecule has 2 rings (SSSR count). The summed E-state index contributed by atoms with van der Waals surface area (Å²) in [5.41, 5.74) is 4.49. The van der Waals surface area contributed by atoms with Crippen LogP contribution in [0.15, 0.2) is 48.7 Å². The molecule has 0 aliphatic heterocycles.